The minimum atomic E-state index is -0.788. The largest absolute Gasteiger partial charge is 0.466 e. The van der Waals surface area contributed by atoms with E-state index in [0.29, 0.717) is 10.6 Å². The van der Waals surface area contributed by atoms with Crippen molar-refractivity contribution in [3.63, 3.8) is 0 Å². The van der Waals surface area contributed by atoms with E-state index in [9.17, 15) is 14.4 Å². The maximum Gasteiger partial charge on any atom is 0.338 e. The number of aryl methyl sites for hydroxylation is 1. The Morgan fingerprint density at radius 1 is 1.18 bits per heavy atom. The molecule has 1 fully saturated rings. The lowest BCUT2D eigenvalue weighted by molar-refractivity contribution is -0.139. The van der Waals surface area contributed by atoms with Crippen LogP contribution in [0.5, 0.6) is 0 Å². The summed E-state index contributed by atoms with van der Waals surface area (Å²) in [4.78, 5) is 39.5. The lowest BCUT2D eigenvalue weighted by atomic mass is 9.82. The molecule has 1 saturated heterocycles. The number of hydrogen-bond donors (Lipinski definition) is 1. The number of amides is 1. The van der Waals surface area contributed by atoms with Gasteiger partial charge in [-0.3, -0.25) is 9.69 Å². The van der Waals surface area contributed by atoms with Gasteiger partial charge in [-0.1, -0.05) is 41.6 Å². The van der Waals surface area contributed by atoms with Gasteiger partial charge in [0, 0.05) is 0 Å². The second kappa shape index (κ2) is 7.71. The van der Waals surface area contributed by atoms with Gasteiger partial charge in [-0.05, 0) is 26.3 Å². The first kappa shape index (κ1) is 20.0. The molecule has 2 aliphatic heterocycles. The maximum absolute atomic E-state index is 12.8. The Morgan fingerprint density at radius 3 is 2.39 bits per heavy atom. The first-order valence-electron chi connectivity index (χ1n) is 8.88. The number of thioether (sulfide) groups is 1. The standard InChI is InChI=1S/C20H22N2O5S/c1-5-27-20(25)14-13(12-8-6-10(2)7-9-12)15(19(24)26-4)18-22(16(14)21)17(23)11(3)28-18/h6-9,11,13H,5,21H2,1-4H3/t11-,13-/m0/s1. The Labute approximate surface area is 167 Å². The molecule has 8 heteroatoms. The summed E-state index contributed by atoms with van der Waals surface area (Å²) in [5.74, 6) is -2.36. The SMILES string of the molecule is CCOC(=O)C1=C(N)N2C(=O)[C@H](C)SC2=C(C(=O)OC)[C@H]1c1ccc(C)cc1. The molecule has 148 valence electrons. The topological polar surface area (TPSA) is 98.9 Å². The molecule has 2 atom stereocenters. The number of methoxy groups -OCH3 is 1. The minimum Gasteiger partial charge on any atom is -0.466 e. The summed E-state index contributed by atoms with van der Waals surface area (Å²) in [6.45, 7) is 5.49. The molecule has 2 aliphatic rings. The van der Waals surface area contributed by atoms with Crippen molar-refractivity contribution in [3.8, 4) is 0 Å². The van der Waals surface area contributed by atoms with Crippen molar-refractivity contribution in [2.24, 2.45) is 5.73 Å². The van der Waals surface area contributed by atoms with Crippen molar-refractivity contribution in [1.29, 1.82) is 0 Å². The van der Waals surface area contributed by atoms with Crippen molar-refractivity contribution < 1.29 is 23.9 Å². The predicted octanol–water partition coefficient (Wildman–Crippen LogP) is 2.17. The fourth-order valence-electron chi connectivity index (χ4n) is 3.34. The van der Waals surface area contributed by atoms with E-state index >= 15 is 0 Å². The highest BCUT2D eigenvalue weighted by molar-refractivity contribution is 8.04. The molecule has 1 amide bonds. The summed E-state index contributed by atoms with van der Waals surface area (Å²) >= 11 is 1.23. The smallest absolute Gasteiger partial charge is 0.338 e. The Hall–Kier alpha value is -2.74. The van der Waals surface area contributed by atoms with E-state index in [-0.39, 0.29) is 29.5 Å². The lowest BCUT2D eigenvalue weighted by Gasteiger charge is -2.33. The quantitative estimate of drug-likeness (QED) is 0.771. The van der Waals surface area contributed by atoms with Gasteiger partial charge in [0.1, 0.15) is 5.82 Å². The zero-order chi connectivity index (χ0) is 20.6. The van der Waals surface area contributed by atoms with Gasteiger partial charge in [0.15, 0.2) is 0 Å². The highest BCUT2D eigenvalue weighted by atomic mass is 32.2. The molecule has 0 aliphatic carbocycles. The Balaban J connectivity index is 2.30. The van der Waals surface area contributed by atoms with Crippen molar-refractivity contribution in [2.75, 3.05) is 13.7 Å². The first-order valence-corrected chi connectivity index (χ1v) is 9.76. The number of carbonyl (C=O) groups is 3. The van der Waals surface area contributed by atoms with Gasteiger partial charge >= 0.3 is 11.9 Å². The molecule has 2 heterocycles. The normalized spacial score (nSPS) is 21.7. The number of ether oxygens (including phenoxy) is 2. The van der Waals surface area contributed by atoms with Crippen molar-refractivity contribution in [3.05, 3.63) is 57.4 Å². The summed E-state index contributed by atoms with van der Waals surface area (Å²) < 4.78 is 10.2. The van der Waals surface area contributed by atoms with Crippen LogP contribution in [0.2, 0.25) is 0 Å². The van der Waals surface area contributed by atoms with Crippen molar-refractivity contribution >= 4 is 29.6 Å². The number of carbonyl (C=O) groups excluding carboxylic acids is 3. The highest BCUT2D eigenvalue weighted by Gasteiger charge is 2.48. The highest BCUT2D eigenvalue weighted by Crippen LogP contribution is 2.49. The minimum absolute atomic E-state index is 0.00599. The predicted molar refractivity (Wildman–Crippen MR) is 105 cm³/mol. The molecular weight excluding hydrogens is 380 g/mol. The van der Waals surface area contributed by atoms with Crippen LogP contribution in [0.4, 0.5) is 0 Å². The third-order valence-corrected chi connectivity index (χ3v) is 5.88. The average molecular weight is 402 g/mol. The van der Waals surface area contributed by atoms with E-state index in [4.69, 9.17) is 15.2 Å². The Morgan fingerprint density at radius 2 is 1.82 bits per heavy atom. The Kier molecular flexibility index (Phi) is 5.51. The molecular formula is C20H22N2O5S. The summed E-state index contributed by atoms with van der Waals surface area (Å²) in [5, 5.41) is -0.0334. The number of nitrogens with two attached hydrogens (primary N) is 1. The summed E-state index contributed by atoms with van der Waals surface area (Å²) in [7, 11) is 1.27. The number of esters is 2. The monoisotopic (exact) mass is 402 g/mol. The molecule has 1 aromatic carbocycles. The number of rotatable bonds is 4. The first-order chi connectivity index (χ1) is 13.3. The van der Waals surface area contributed by atoms with Gasteiger partial charge in [0.05, 0.1) is 41.1 Å². The maximum atomic E-state index is 12.8. The van der Waals surface area contributed by atoms with E-state index in [1.807, 2.05) is 31.2 Å². The van der Waals surface area contributed by atoms with Crippen LogP contribution in [0.1, 0.15) is 30.9 Å². The van der Waals surface area contributed by atoms with Crippen LogP contribution in [0.15, 0.2) is 46.3 Å². The van der Waals surface area contributed by atoms with Crippen molar-refractivity contribution in [1.82, 2.24) is 4.90 Å². The summed E-state index contributed by atoms with van der Waals surface area (Å²) in [6.07, 6.45) is 0. The van der Waals surface area contributed by atoms with Crippen LogP contribution in [0, 0.1) is 6.92 Å². The van der Waals surface area contributed by atoms with Gasteiger partial charge in [-0.15, -0.1) is 0 Å². The van der Waals surface area contributed by atoms with E-state index in [0.717, 1.165) is 5.56 Å². The second-order valence-electron chi connectivity index (χ2n) is 6.51. The van der Waals surface area contributed by atoms with Crippen LogP contribution in [-0.2, 0) is 23.9 Å². The molecule has 28 heavy (non-hydrogen) atoms. The number of benzene rings is 1. The zero-order valence-corrected chi connectivity index (χ0v) is 17.0. The van der Waals surface area contributed by atoms with Gasteiger partial charge in [-0.2, -0.15) is 0 Å². The van der Waals surface area contributed by atoms with E-state index in [1.54, 1.807) is 13.8 Å². The molecule has 1 aromatic rings. The summed E-state index contributed by atoms with van der Waals surface area (Å²) in [6, 6.07) is 7.43. The fraction of sp³-hybridized carbons (Fsp3) is 0.350. The van der Waals surface area contributed by atoms with Crippen LogP contribution in [0.25, 0.3) is 0 Å². The molecule has 0 radical (unpaired) electrons. The van der Waals surface area contributed by atoms with Gasteiger partial charge in [0.25, 0.3) is 0 Å². The average Bonchev–Trinajstić information content (AvgIpc) is 2.96. The molecule has 0 spiro atoms. The van der Waals surface area contributed by atoms with Gasteiger partial charge in [-0.25, -0.2) is 9.59 Å². The Bertz CT molecular complexity index is 904. The lowest BCUT2D eigenvalue weighted by Crippen LogP contribution is -2.40. The van der Waals surface area contributed by atoms with Gasteiger partial charge < -0.3 is 15.2 Å². The summed E-state index contributed by atoms with van der Waals surface area (Å²) in [5.41, 5.74) is 8.30. The van der Waals surface area contributed by atoms with Crippen LogP contribution < -0.4 is 5.73 Å². The van der Waals surface area contributed by atoms with Crippen LogP contribution in [-0.4, -0.2) is 41.7 Å². The van der Waals surface area contributed by atoms with Crippen LogP contribution >= 0.6 is 11.8 Å². The van der Waals surface area contributed by atoms with E-state index in [1.165, 1.54) is 23.8 Å². The number of nitrogens with zero attached hydrogens (tertiary/aromatic N) is 1. The van der Waals surface area contributed by atoms with E-state index in [2.05, 4.69) is 0 Å². The number of fused-ring (bicyclic) bond motifs is 1. The third-order valence-electron chi connectivity index (χ3n) is 4.70. The van der Waals surface area contributed by atoms with Gasteiger partial charge in [0.2, 0.25) is 5.91 Å². The van der Waals surface area contributed by atoms with Crippen LogP contribution in [0.3, 0.4) is 0 Å². The zero-order valence-electron chi connectivity index (χ0n) is 16.1. The molecule has 0 aromatic heterocycles. The second-order valence-corrected chi connectivity index (χ2v) is 7.84. The molecule has 2 N–H and O–H groups in total. The third kappa shape index (κ3) is 3.17. The number of hydrogen-bond acceptors (Lipinski definition) is 7. The molecule has 0 unspecified atom stereocenters. The molecule has 0 saturated carbocycles. The molecule has 3 rings (SSSR count). The fourth-order valence-corrected chi connectivity index (χ4v) is 4.50. The molecule has 0 bridgehead atoms. The molecule has 7 nitrogen and oxygen atoms in total. The van der Waals surface area contributed by atoms with Crippen molar-refractivity contribution in [2.45, 2.75) is 31.9 Å². The van der Waals surface area contributed by atoms with E-state index < -0.39 is 23.1 Å².